The third kappa shape index (κ3) is 6.81. The van der Waals surface area contributed by atoms with Crippen molar-refractivity contribution in [3.8, 4) is 23.0 Å². The van der Waals surface area contributed by atoms with Gasteiger partial charge in [0.15, 0.2) is 28.6 Å². The van der Waals surface area contributed by atoms with Crippen molar-refractivity contribution in [3.63, 3.8) is 0 Å². The van der Waals surface area contributed by atoms with Crippen molar-refractivity contribution in [3.05, 3.63) is 59.7 Å². The lowest BCUT2D eigenvalue weighted by Gasteiger charge is -2.41. The van der Waals surface area contributed by atoms with Crippen molar-refractivity contribution in [2.45, 2.75) is 36.8 Å². The van der Waals surface area contributed by atoms with Crippen LogP contribution in [0.5, 0.6) is 23.0 Å². The van der Waals surface area contributed by atoms with Crippen LogP contribution in [0, 0.1) is 0 Å². The van der Waals surface area contributed by atoms with E-state index in [9.17, 15) is 45.0 Å². The van der Waals surface area contributed by atoms with Crippen molar-refractivity contribution < 1.29 is 59.2 Å². The molecular weight excluding hydrogens is 504 g/mol. The van der Waals surface area contributed by atoms with Crippen molar-refractivity contribution in [2.24, 2.45) is 0 Å². The molecule has 1 aliphatic rings. The Kier molecular flexibility index (Phi) is 8.61. The van der Waals surface area contributed by atoms with Gasteiger partial charge in [-0.05, 0) is 47.5 Å². The van der Waals surface area contributed by atoms with E-state index in [4.69, 9.17) is 9.47 Å². The summed E-state index contributed by atoms with van der Waals surface area (Å²) in [7, 11) is 1.03. The number of aliphatic hydroxyl groups is 2. The molecule has 0 radical (unpaired) electrons. The molecule has 3 rings (SSSR count). The van der Waals surface area contributed by atoms with Gasteiger partial charge in [-0.1, -0.05) is 12.1 Å². The molecule has 0 spiro atoms. The van der Waals surface area contributed by atoms with E-state index in [0.29, 0.717) is 11.1 Å². The predicted octanol–water partition coefficient (Wildman–Crippen LogP) is 1.12. The van der Waals surface area contributed by atoms with E-state index >= 15 is 0 Å². The van der Waals surface area contributed by atoms with Crippen molar-refractivity contribution in [1.82, 2.24) is 0 Å². The van der Waals surface area contributed by atoms with Gasteiger partial charge in [0.25, 0.3) is 0 Å². The molecule has 1 aliphatic carbocycles. The summed E-state index contributed by atoms with van der Waals surface area (Å²) in [5.74, 6) is -4.57. The van der Waals surface area contributed by atoms with E-state index in [2.05, 4.69) is 4.74 Å². The van der Waals surface area contributed by atoms with Crippen LogP contribution in [0.15, 0.2) is 48.6 Å². The lowest BCUT2D eigenvalue weighted by molar-refractivity contribution is -0.204. The second-order valence-electron chi connectivity index (χ2n) is 8.54. The third-order valence-electron chi connectivity index (χ3n) is 5.76. The Morgan fingerprint density at radius 1 is 0.789 bits per heavy atom. The second-order valence-corrected chi connectivity index (χ2v) is 8.54. The second kappa shape index (κ2) is 11.7. The highest BCUT2D eigenvalue weighted by Gasteiger charge is 2.52. The Morgan fingerprint density at radius 3 is 1.58 bits per heavy atom. The molecule has 12 heteroatoms. The molecule has 12 nitrogen and oxygen atoms in total. The average molecular weight is 530 g/mol. The van der Waals surface area contributed by atoms with Crippen LogP contribution in [0.25, 0.3) is 12.2 Å². The van der Waals surface area contributed by atoms with Crippen LogP contribution in [0.4, 0.5) is 0 Å². The SMILES string of the molecule is COC(=O)C1(O)CC(OC(=O)C=Cc2ccc(O)c(O)c2)C(O)C(OC(=O)C=Cc2ccc(O)c(O)c2)C1. The number of methoxy groups -OCH3 is 1. The Balaban J connectivity index is 1.73. The first-order valence-electron chi connectivity index (χ1n) is 11.2. The molecule has 2 aromatic carbocycles. The minimum Gasteiger partial charge on any atom is -0.504 e. The number of phenols is 4. The first-order chi connectivity index (χ1) is 17.9. The van der Waals surface area contributed by atoms with Gasteiger partial charge < -0.3 is 44.8 Å². The topological polar surface area (TPSA) is 200 Å². The van der Waals surface area contributed by atoms with Gasteiger partial charge in [-0.25, -0.2) is 14.4 Å². The first-order valence-corrected chi connectivity index (χ1v) is 11.2. The number of rotatable bonds is 7. The zero-order valence-corrected chi connectivity index (χ0v) is 20.1. The number of carbonyl (C=O) groups is 3. The molecule has 2 aromatic rings. The van der Waals surface area contributed by atoms with Crippen LogP contribution in [0.3, 0.4) is 0 Å². The fourth-order valence-electron chi connectivity index (χ4n) is 3.80. The third-order valence-corrected chi connectivity index (χ3v) is 5.76. The number of benzene rings is 2. The lowest BCUT2D eigenvalue weighted by Crippen LogP contribution is -2.58. The smallest absolute Gasteiger partial charge is 0.338 e. The molecule has 2 atom stereocenters. The maximum absolute atomic E-state index is 12.4. The van der Waals surface area contributed by atoms with Crippen molar-refractivity contribution in [2.75, 3.05) is 7.11 Å². The van der Waals surface area contributed by atoms with E-state index in [0.717, 1.165) is 19.3 Å². The van der Waals surface area contributed by atoms with Gasteiger partial charge in [0.05, 0.1) is 7.11 Å². The molecule has 0 aromatic heterocycles. The molecule has 2 unspecified atom stereocenters. The maximum Gasteiger partial charge on any atom is 0.338 e. The van der Waals surface area contributed by atoms with E-state index in [-0.39, 0.29) is 11.5 Å². The minimum atomic E-state index is -2.25. The zero-order chi connectivity index (χ0) is 28.0. The number of aromatic hydroxyl groups is 4. The van der Waals surface area contributed by atoms with E-state index in [1.165, 1.54) is 48.6 Å². The van der Waals surface area contributed by atoms with Gasteiger partial charge in [0.2, 0.25) is 0 Å². The summed E-state index contributed by atoms with van der Waals surface area (Å²) in [5.41, 5.74) is -1.57. The van der Waals surface area contributed by atoms with Gasteiger partial charge in [-0.2, -0.15) is 0 Å². The molecular formula is C26H26O12. The van der Waals surface area contributed by atoms with Crippen LogP contribution in [-0.2, 0) is 28.6 Å². The number of esters is 3. The number of phenolic OH excluding ortho intramolecular Hbond substituents is 4. The van der Waals surface area contributed by atoms with Crippen molar-refractivity contribution in [1.29, 1.82) is 0 Å². The van der Waals surface area contributed by atoms with E-state index < -0.39 is 66.2 Å². The first kappa shape index (κ1) is 28.0. The summed E-state index contributed by atoms with van der Waals surface area (Å²) in [6.07, 6.45) is -1.23. The fourth-order valence-corrected chi connectivity index (χ4v) is 3.80. The van der Waals surface area contributed by atoms with Crippen LogP contribution in [0.1, 0.15) is 24.0 Å². The van der Waals surface area contributed by atoms with E-state index in [1.807, 2.05) is 0 Å². The van der Waals surface area contributed by atoms with Crippen LogP contribution >= 0.6 is 0 Å². The van der Waals surface area contributed by atoms with Gasteiger partial charge in [-0.3, -0.25) is 0 Å². The number of carbonyl (C=O) groups excluding carboxylic acids is 3. The Hall–Kier alpha value is -4.55. The molecule has 0 bridgehead atoms. The standard InChI is InChI=1S/C26H26O12/c1-36-25(34)26(35)12-20(37-22(31)8-4-14-2-6-16(27)18(29)10-14)24(33)21(13-26)38-23(32)9-5-15-3-7-17(28)19(30)11-15/h2-11,20-21,24,27-30,33,35H,12-13H2,1H3. The molecule has 0 amide bonds. The van der Waals surface area contributed by atoms with Crippen LogP contribution < -0.4 is 0 Å². The molecule has 0 aliphatic heterocycles. The fraction of sp³-hybridized carbons (Fsp3) is 0.269. The lowest BCUT2D eigenvalue weighted by atomic mass is 9.79. The molecule has 1 fully saturated rings. The van der Waals surface area contributed by atoms with Crippen LogP contribution in [0.2, 0.25) is 0 Å². The van der Waals surface area contributed by atoms with Gasteiger partial charge in [-0.15, -0.1) is 0 Å². The number of hydrogen-bond donors (Lipinski definition) is 6. The average Bonchev–Trinajstić information content (AvgIpc) is 2.87. The summed E-state index contributed by atoms with van der Waals surface area (Å²) in [6, 6.07) is 7.61. The summed E-state index contributed by atoms with van der Waals surface area (Å²) >= 11 is 0. The summed E-state index contributed by atoms with van der Waals surface area (Å²) in [6.45, 7) is 0. The molecule has 0 saturated heterocycles. The minimum absolute atomic E-state index is 0.341. The highest BCUT2D eigenvalue weighted by Crippen LogP contribution is 2.34. The van der Waals surface area contributed by atoms with Crippen molar-refractivity contribution >= 4 is 30.1 Å². The normalized spacial score (nSPS) is 23.3. The number of ether oxygens (including phenoxy) is 3. The summed E-state index contributed by atoms with van der Waals surface area (Å²) in [5, 5.41) is 59.4. The van der Waals surface area contributed by atoms with Gasteiger partial charge >= 0.3 is 17.9 Å². The number of hydrogen-bond acceptors (Lipinski definition) is 12. The quantitative estimate of drug-likeness (QED) is 0.129. The Morgan fingerprint density at radius 2 is 1.21 bits per heavy atom. The molecule has 0 heterocycles. The molecule has 202 valence electrons. The maximum atomic E-state index is 12.4. The van der Waals surface area contributed by atoms with Crippen LogP contribution in [-0.4, -0.2) is 79.6 Å². The van der Waals surface area contributed by atoms with Gasteiger partial charge in [0, 0.05) is 25.0 Å². The largest absolute Gasteiger partial charge is 0.504 e. The van der Waals surface area contributed by atoms with E-state index in [1.54, 1.807) is 0 Å². The highest BCUT2D eigenvalue weighted by molar-refractivity contribution is 5.88. The Bertz CT molecular complexity index is 1180. The predicted molar refractivity (Wildman–Crippen MR) is 130 cm³/mol. The molecule has 1 saturated carbocycles. The monoisotopic (exact) mass is 530 g/mol. The summed E-state index contributed by atoms with van der Waals surface area (Å²) in [4.78, 5) is 37.0. The number of aliphatic hydroxyl groups excluding tert-OH is 1. The Labute approximate surface area is 216 Å². The highest BCUT2D eigenvalue weighted by atomic mass is 16.6. The summed E-state index contributed by atoms with van der Waals surface area (Å²) < 4.78 is 15.1. The zero-order valence-electron chi connectivity index (χ0n) is 20.1. The van der Waals surface area contributed by atoms with Gasteiger partial charge in [0.1, 0.15) is 18.3 Å². The molecule has 6 N–H and O–H groups in total. The molecule has 38 heavy (non-hydrogen) atoms.